The van der Waals surface area contributed by atoms with Crippen LogP contribution in [0, 0.1) is 0 Å². The first-order valence-electron chi connectivity index (χ1n) is 8.24. The van der Waals surface area contributed by atoms with Crippen LogP contribution in [-0.4, -0.2) is 32.7 Å². The van der Waals surface area contributed by atoms with Gasteiger partial charge in [0.25, 0.3) is 0 Å². The van der Waals surface area contributed by atoms with Crippen LogP contribution < -0.4 is 4.74 Å². The van der Waals surface area contributed by atoms with E-state index >= 15 is 0 Å². The van der Waals surface area contributed by atoms with E-state index in [-0.39, 0.29) is 23.2 Å². The van der Waals surface area contributed by atoms with Crippen LogP contribution in [-0.2, 0) is 15.7 Å². The van der Waals surface area contributed by atoms with Gasteiger partial charge in [-0.05, 0) is 32.0 Å². The number of esters is 1. The van der Waals surface area contributed by atoms with Gasteiger partial charge in [-0.1, -0.05) is 0 Å². The standard InChI is InChI=1S/C18H19F4N3O3/c1-11(2)27-14-8-12(7-13(9-14)18(20,21)22)16-23-10-25(24-16)6-5-15(26)28-17(3,4)19/h5-11H,1-4H3. The predicted octanol–water partition coefficient (Wildman–Crippen LogP) is 4.47. The van der Waals surface area contributed by atoms with Gasteiger partial charge in [-0.15, -0.1) is 5.10 Å². The molecule has 2 aromatic rings. The van der Waals surface area contributed by atoms with Crippen molar-refractivity contribution in [2.75, 3.05) is 0 Å². The minimum absolute atomic E-state index is 0.0106. The first-order valence-corrected chi connectivity index (χ1v) is 8.24. The summed E-state index contributed by atoms with van der Waals surface area (Å²) in [7, 11) is 0. The largest absolute Gasteiger partial charge is 0.491 e. The lowest BCUT2D eigenvalue weighted by Crippen LogP contribution is -2.20. The number of nitrogens with zero attached hydrogens (tertiary/aromatic N) is 3. The number of rotatable bonds is 6. The Labute approximate surface area is 158 Å². The lowest BCUT2D eigenvalue weighted by Gasteiger charge is -2.14. The average Bonchev–Trinajstić information content (AvgIpc) is 2.98. The van der Waals surface area contributed by atoms with Gasteiger partial charge in [0.2, 0.25) is 5.85 Å². The molecule has 0 aliphatic heterocycles. The lowest BCUT2D eigenvalue weighted by molar-refractivity contribution is -0.167. The van der Waals surface area contributed by atoms with Gasteiger partial charge in [0.1, 0.15) is 12.1 Å². The third-order valence-corrected chi connectivity index (χ3v) is 3.08. The van der Waals surface area contributed by atoms with Crippen LogP contribution in [0.1, 0.15) is 33.3 Å². The van der Waals surface area contributed by atoms with Crippen molar-refractivity contribution in [3.63, 3.8) is 0 Å². The van der Waals surface area contributed by atoms with Gasteiger partial charge >= 0.3 is 12.1 Å². The van der Waals surface area contributed by atoms with Crippen LogP contribution in [0.25, 0.3) is 17.6 Å². The monoisotopic (exact) mass is 401 g/mol. The highest BCUT2D eigenvalue weighted by Gasteiger charge is 2.32. The fraction of sp³-hybridized carbons (Fsp3) is 0.389. The van der Waals surface area contributed by atoms with Gasteiger partial charge < -0.3 is 9.47 Å². The SMILES string of the molecule is CC(C)Oc1cc(-c2ncn(C=CC(=O)OC(C)(C)F)n2)cc(C(F)(F)F)c1. The van der Waals surface area contributed by atoms with Gasteiger partial charge in [0, 0.05) is 31.7 Å². The van der Waals surface area contributed by atoms with Crippen LogP contribution in [0.15, 0.2) is 30.6 Å². The Bertz CT molecular complexity index is 868. The third-order valence-electron chi connectivity index (χ3n) is 3.08. The zero-order chi connectivity index (χ0) is 21.1. The fourth-order valence-corrected chi connectivity index (χ4v) is 2.12. The number of carbonyl (C=O) groups excluding carboxylic acids is 1. The van der Waals surface area contributed by atoms with E-state index in [4.69, 9.17) is 4.74 Å². The summed E-state index contributed by atoms with van der Waals surface area (Å²) >= 11 is 0. The van der Waals surface area contributed by atoms with Crippen molar-refractivity contribution in [2.24, 2.45) is 0 Å². The maximum atomic E-state index is 13.2. The smallest absolute Gasteiger partial charge is 0.416 e. The summed E-state index contributed by atoms with van der Waals surface area (Å²) < 4.78 is 63.6. The molecule has 1 aromatic heterocycles. The molecule has 0 unspecified atom stereocenters. The van der Waals surface area contributed by atoms with E-state index in [1.807, 2.05) is 0 Å². The molecule has 1 aromatic carbocycles. The van der Waals surface area contributed by atoms with Gasteiger partial charge in [0.15, 0.2) is 5.82 Å². The molecule has 6 nitrogen and oxygen atoms in total. The molecule has 1 heterocycles. The third kappa shape index (κ3) is 6.36. The maximum absolute atomic E-state index is 13.2. The quantitative estimate of drug-likeness (QED) is 0.406. The summed E-state index contributed by atoms with van der Waals surface area (Å²) in [5.41, 5.74) is -0.814. The molecule has 0 spiro atoms. The van der Waals surface area contributed by atoms with Gasteiger partial charge in [-0.3, -0.25) is 0 Å². The minimum atomic E-state index is -4.57. The van der Waals surface area contributed by atoms with Gasteiger partial charge in [-0.25, -0.2) is 14.5 Å². The van der Waals surface area contributed by atoms with Crippen molar-refractivity contribution < 1.29 is 31.8 Å². The van der Waals surface area contributed by atoms with Crippen molar-refractivity contribution in [1.29, 1.82) is 0 Å². The number of hydrogen-bond donors (Lipinski definition) is 0. The summed E-state index contributed by atoms with van der Waals surface area (Å²) in [4.78, 5) is 15.4. The number of carbonyl (C=O) groups is 1. The second kappa shape index (κ2) is 7.99. The number of aromatic nitrogens is 3. The molecule has 0 aliphatic carbocycles. The molecule has 0 saturated carbocycles. The topological polar surface area (TPSA) is 66.2 Å². The summed E-state index contributed by atoms with van der Waals surface area (Å²) in [5, 5.41) is 3.99. The molecule has 152 valence electrons. The van der Waals surface area contributed by atoms with Crippen molar-refractivity contribution in [1.82, 2.24) is 14.8 Å². The van der Waals surface area contributed by atoms with Crippen molar-refractivity contribution in [3.8, 4) is 17.1 Å². The van der Waals surface area contributed by atoms with Gasteiger partial charge in [0.05, 0.1) is 11.7 Å². The zero-order valence-corrected chi connectivity index (χ0v) is 15.6. The highest BCUT2D eigenvalue weighted by Crippen LogP contribution is 2.35. The van der Waals surface area contributed by atoms with Crippen LogP contribution >= 0.6 is 0 Å². The highest BCUT2D eigenvalue weighted by atomic mass is 19.4. The molecule has 0 radical (unpaired) electrons. The van der Waals surface area contributed by atoms with Crippen LogP contribution in [0.3, 0.4) is 0 Å². The zero-order valence-electron chi connectivity index (χ0n) is 15.6. The number of benzene rings is 1. The maximum Gasteiger partial charge on any atom is 0.416 e. The normalized spacial score (nSPS) is 12.6. The summed E-state index contributed by atoms with van der Waals surface area (Å²) in [6.45, 7) is 5.51. The van der Waals surface area contributed by atoms with Crippen molar-refractivity contribution >= 4 is 12.2 Å². The van der Waals surface area contributed by atoms with Gasteiger partial charge in [-0.2, -0.15) is 17.6 Å². The fourth-order valence-electron chi connectivity index (χ4n) is 2.12. The number of halogens is 4. The second-order valence-corrected chi connectivity index (χ2v) is 6.56. The lowest BCUT2D eigenvalue weighted by atomic mass is 10.1. The van der Waals surface area contributed by atoms with E-state index < -0.39 is 23.6 Å². The van der Waals surface area contributed by atoms with Crippen LogP contribution in [0.2, 0.25) is 0 Å². The number of alkyl halides is 4. The summed E-state index contributed by atoms with van der Waals surface area (Å²) in [5.74, 6) is -3.07. The van der Waals surface area contributed by atoms with E-state index in [0.29, 0.717) is 0 Å². The molecule has 28 heavy (non-hydrogen) atoms. The molecule has 0 saturated heterocycles. The number of ether oxygens (including phenoxy) is 2. The predicted molar refractivity (Wildman–Crippen MR) is 92.8 cm³/mol. The van der Waals surface area contributed by atoms with E-state index in [1.165, 1.54) is 12.4 Å². The van der Waals surface area contributed by atoms with E-state index in [1.54, 1.807) is 13.8 Å². The van der Waals surface area contributed by atoms with E-state index in [9.17, 15) is 22.4 Å². The second-order valence-electron chi connectivity index (χ2n) is 6.56. The first kappa shape index (κ1) is 21.4. The molecular formula is C18H19F4N3O3. The van der Waals surface area contributed by atoms with E-state index in [0.717, 1.165) is 42.9 Å². The van der Waals surface area contributed by atoms with E-state index in [2.05, 4.69) is 14.8 Å². The Morgan fingerprint density at radius 2 is 1.86 bits per heavy atom. The Kier molecular flexibility index (Phi) is 6.10. The molecule has 0 fully saturated rings. The van der Waals surface area contributed by atoms with Crippen molar-refractivity contribution in [3.05, 3.63) is 36.2 Å². The first-order chi connectivity index (χ1) is 12.8. The molecule has 0 atom stereocenters. The Hall–Kier alpha value is -2.91. The average molecular weight is 401 g/mol. The van der Waals surface area contributed by atoms with Crippen LogP contribution in [0.4, 0.5) is 17.6 Å². The van der Waals surface area contributed by atoms with Crippen LogP contribution in [0.5, 0.6) is 5.75 Å². The Morgan fingerprint density at radius 3 is 2.43 bits per heavy atom. The summed E-state index contributed by atoms with van der Waals surface area (Å²) in [6.07, 6.45) is -1.65. The minimum Gasteiger partial charge on any atom is -0.491 e. The molecular weight excluding hydrogens is 382 g/mol. The molecule has 10 heteroatoms. The molecule has 0 N–H and O–H groups in total. The number of hydrogen-bond acceptors (Lipinski definition) is 5. The molecule has 0 amide bonds. The highest BCUT2D eigenvalue weighted by molar-refractivity contribution is 5.85. The Balaban J connectivity index is 2.29. The molecule has 0 bridgehead atoms. The Morgan fingerprint density at radius 1 is 1.18 bits per heavy atom. The summed E-state index contributed by atoms with van der Waals surface area (Å²) in [6, 6.07) is 3.18. The molecule has 2 rings (SSSR count). The van der Waals surface area contributed by atoms with Crippen molar-refractivity contribution in [2.45, 2.75) is 45.8 Å². The molecule has 0 aliphatic rings.